The first-order valence-corrected chi connectivity index (χ1v) is 48.6. The Kier molecular flexibility index (Phi) is 31.0. The standard InChI is InChI=1S/C112H122N16O8/c1-9-17-65-129-97-87-88(98(130-66-18-10-2)102(134-70-22-14-6)101(97)133-69-21-13-5)108-122-107(87)121-105-82-73-83(113-74-49-33-25-34-50-74)91(114-75-51-35-26-36-52-75)92(115-76-53-37-27-38-54-76)84(82)106(120-105)125-111-85-86(94(117-78-57-41-29-42-58-78)96(119-80-61-45-31-46-62-80)95(118-79-59-43-30-44-60-79)93(85)116-77-55-39-28-40-56-77)112(128(111)127-81-63-47-32-48-64-81)126-110-90-89(109(123-108)124-110)99(131-67-19-11-3)103(135-71-23-15-7)104(136-72-24-16-8)100(90)132-68-20-12-4/h25-64,73,113-119,127H,9-24,65-72H2,1-8H3,(H,120,121,122,123,124,125,126). The lowest BCUT2D eigenvalue weighted by Gasteiger charge is -2.24. The zero-order chi connectivity index (χ0) is 93.3. The van der Waals surface area contributed by atoms with Gasteiger partial charge in [-0.15, -0.1) is 0 Å². The molecule has 17 rings (SSSR count). The van der Waals surface area contributed by atoms with Crippen molar-refractivity contribution in [2.75, 3.05) is 95.5 Å². The van der Waals surface area contributed by atoms with E-state index in [-0.39, 0.29) is 42.2 Å². The maximum absolute atomic E-state index is 7.55. The summed E-state index contributed by atoms with van der Waals surface area (Å²) in [6, 6.07) is 83.5. The van der Waals surface area contributed by atoms with Crippen LogP contribution in [-0.2, 0) is 0 Å². The van der Waals surface area contributed by atoms with E-state index in [0.29, 0.717) is 230 Å². The Labute approximate surface area is 796 Å². The lowest BCUT2D eigenvalue weighted by Crippen LogP contribution is -2.11. The van der Waals surface area contributed by atoms with E-state index in [1.165, 1.54) is 0 Å². The van der Waals surface area contributed by atoms with Crippen LogP contribution < -0.4 is 80.5 Å². The SMILES string of the molecule is CCCCOc1c(OCCCC)c(OCCCC)c2c(c1OCCCC)-c1nc-2nc2c3c(Nc4ccccc4)c(Nc4ccccc4)c(Nc4ccccc4)c(Nc4ccccc4)c3c(nc3nc(nc4[nH]c(n1)c1c(OCCCC)c(OCCCC)c(OCCCC)c(OCCCC)c41)-c1cc(Nc4ccccc4)c(Nc4ccccc4)c(Nc4ccccc4)c1-3)n2Nc1ccccc1. The van der Waals surface area contributed by atoms with E-state index in [9.17, 15) is 0 Å². The molecule has 0 aliphatic carbocycles. The first-order valence-electron chi connectivity index (χ1n) is 48.6. The predicted octanol–water partition coefficient (Wildman–Crippen LogP) is 29.9. The van der Waals surface area contributed by atoms with Crippen LogP contribution in [0.5, 0.6) is 46.0 Å². The Morgan fingerprint density at radius 3 is 0.831 bits per heavy atom. The molecule has 2 aliphatic rings. The van der Waals surface area contributed by atoms with Gasteiger partial charge in [0.1, 0.15) is 11.3 Å². The van der Waals surface area contributed by atoms with Gasteiger partial charge in [-0.05, 0) is 154 Å². The normalized spacial score (nSPS) is 11.4. The number of para-hydroxylation sites is 8. The van der Waals surface area contributed by atoms with Gasteiger partial charge in [0.25, 0.3) is 0 Å². The zero-order valence-electron chi connectivity index (χ0n) is 79.0. The molecule has 24 nitrogen and oxygen atoms in total. The van der Waals surface area contributed by atoms with Crippen LogP contribution in [0.4, 0.5) is 85.3 Å². The lowest BCUT2D eigenvalue weighted by atomic mass is 10.0. The highest BCUT2D eigenvalue weighted by molar-refractivity contribution is 6.27. The number of hydrogen-bond donors (Lipinski definition) is 9. The summed E-state index contributed by atoms with van der Waals surface area (Å²) in [5.74, 6) is 3.76. The molecular weight excluding hydrogens is 1700 g/mol. The summed E-state index contributed by atoms with van der Waals surface area (Å²) in [4.78, 5) is 41.1. The Morgan fingerprint density at radius 2 is 0.493 bits per heavy atom. The number of fused-ring (bicyclic) bond motifs is 20. The highest BCUT2D eigenvalue weighted by Crippen LogP contribution is 2.61. The topological polar surface area (TPSA) is 268 Å². The third-order valence-electron chi connectivity index (χ3n) is 23.5. The summed E-state index contributed by atoms with van der Waals surface area (Å²) < 4.78 is 61.1. The van der Waals surface area contributed by atoms with Crippen molar-refractivity contribution in [3.8, 4) is 91.5 Å². The summed E-state index contributed by atoms with van der Waals surface area (Å²) in [6.07, 6.45) is 12.3. The van der Waals surface area contributed by atoms with Crippen molar-refractivity contribution in [1.29, 1.82) is 0 Å². The van der Waals surface area contributed by atoms with Crippen LogP contribution in [0.15, 0.2) is 249 Å². The summed E-state index contributed by atoms with van der Waals surface area (Å²) >= 11 is 0. The van der Waals surface area contributed by atoms with E-state index in [0.717, 1.165) is 104 Å². The molecule has 0 unspecified atom stereocenters. The highest BCUT2D eigenvalue weighted by Gasteiger charge is 2.40. The molecule has 3 aromatic heterocycles. The van der Waals surface area contributed by atoms with Crippen LogP contribution in [0.3, 0.4) is 0 Å². The minimum Gasteiger partial charge on any atom is -0.489 e. The van der Waals surface area contributed by atoms with Crippen LogP contribution in [0.25, 0.3) is 89.7 Å². The van der Waals surface area contributed by atoms with E-state index in [2.05, 4.69) is 194 Å². The maximum atomic E-state index is 7.55. The number of anilines is 15. The molecule has 0 saturated carbocycles. The minimum atomic E-state index is 0.171. The molecular formula is C112H122N16O8. The Balaban J connectivity index is 1.20. The summed E-state index contributed by atoms with van der Waals surface area (Å²) in [5, 5.41) is 30.4. The molecule has 5 heterocycles. The number of aromatic amines is 1. The number of nitrogens with one attached hydrogen (secondary N) is 9. The molecule has 0 saturated heterocycles. The number of hydrogen-bond acceptors (Lipinski definition) is 22. The second kappa shape index (κ2) is 45.5. The van der Waals surface area contributed by atoms with Gasteiger partial charge in [-0.2, -0.15) is 0 Å². The third kappa shape index (κ3) is 20.9. The number of nitrogens with zero attached hydrogens (tertiary/aromatic N) is 7. The van der Waals surface area contributed by atoms with Crippen molar-refractivity contribution in [3.63, 3.8) is 0 Å². The van der Waals surface area contributed by atoms with Gasteiger partial charge in [-0.25, -0.2) is 34.6 Å². The smallest absolute Gasteiger partial charge is 0.208 e. The van der Waals surface area contributed by atoms with Gasteiger partial charge in [0.2, 0.25) is 23.0 Å². The molecule has 0 fully saturated rings. The number of H-pyrrole nitrogens is 1. The van der Waals surface area contributed by atoms with Crippen molar-refractivity contribution < 1.29 is 37.9 Å². The minimum absolute atomic E-state index is 0.171. The summed E-state index contributed by atoms with van der Waals surface area (Å²) in [6.45, 7) is 19.7. The Bertz CT molecular complexity index is 6720. The highest BCUT2D eigenvalue weighted by atomic mass is 16.6. The molecule has 24 heteroatoms. The molecule has 15 aromatic rings. The molecule has 0 spiro atoms. The Morgan fingerprint density at radius 1 is 0.235 bits per heavy atom. The van der Waals surface area contributed by atoms with Gasteiger partial charge in [0.15, 0.2) is 57.6 Å². The van der Waals surface area contributed by atoms with Gasteiger partial charge < -0.3 is 80.1 Å². The van der Waals surface area contributed by atoms with Crippen molar-refractivity contribution in [2.24, 2.45) is 0 Å². The van der Waals surface area contributed by atoms with Crippen LogP contribution >= 0.6 is 0 Å². The molecule has 9 N–H and O–H groups in total. The van der Waals surface area contributed by atoms with Gasteiger partial charge in [0, 0.05) is 45.4 Å². The number of aromatic nitrogens is 8. The lowest BCUT2D eigenvalue weighted by molar-refractivity contribution is 0.223. The van der Waals surface area contributed by atoms with Gasteiger partial charge >= 0.3 is 0 Å². The fourth-order valence-electron chi connectivity index (χ4n) is 16.5. The first-order chi connectivity index (χ1) is 67.2. The molecule has 698 valence electrons. The van der Waals surface area contributed by atoms with Crippen LogP contribution in [0.1, 0.15) is 158 Å². The summed E-state index contributed by atoms with van der Waals surface area (Å²) in [7, 11) is 0. The predicted molar refractivity (Wildman–Crippen MR) is 556 cm³/mol. The molecule has 136 heavy (non-hydrogen) atoms. The fourth-order valence-corrected chi connectivity index (χ4v) is 16.5. The number of rotatable bonds is 48. The molecule has 0 amide bonds. The van der Waals surface area contributed by atoms with Crippen molar-refractivity contribution in [2.45, 2.75) is 158 Å². The van der Waals surface area contributed by atoms with E-state index < -0.39 is 0 Å². The van der Waals surface area contributed by atoms with E-state index in [4.69, 9.17) is 67.8 Å². The largest absolute Gasteiger partial charge is 0.489 e. The average Bonchev–Trinajstić information content (AvgIpc) is 1.54. The zero-order valence-corrected chi connectivity index (χ0v) is 79.0. The fraction of sp³-hybridized carbons (Fsp3) is 0.286. The molecule has 0 atom stereocenters. The number of unbranched alkanes of at least 4 members (excludes halogenated alkanes) is 8. The Hall–Kier alpha value is -15.2. The van der Waals surface area contributed by atoms with Gasteiger partial charge in [-0.3, -0.25) is 5.43 Å². The van der Waals surface area contributed by atoms with E-state index >= 15 is 0 Å². The molecule has 2 aliphatic heterocycles. The molecule has 8 bridgehead atoms. The van der Waals surface area contributed by atoms with E-state index in [1.54, 1.807) is 0 Å². The maximum Gasteiger partial charge on any atom is 0.208 e. The number of benzene rings is 12. The van der Waals surface area contributed by atoms with Crippen molar-refractivity contribution in [1.82, 2.24) is 39.6 Å². The summed E-state index contributed by atoms with van der Waals surface area (Å²) in [5.41, 5.74) is 17.7. The van der Waals surface area contributed by atoms with Crippen LogP contribution in [0.2, 0.25) is 0 Å². The first kappa shape index (κ1) is 92.6. The van der Waals surface area contributed by atoms with Crippen molar-refractivity contribution in [3.05, 3.63) is 249 Å². The monoisotopic (exact) mass is 1820 g/mol. The van der Waals surface area contributed by atoms with Gasteiger partial charge in [0.05, 0.1) is 137 Å². The van der Waals surface area contributed by atoms with Gasteiger partial charge in [-0.1, -0.05) is 252 Å². The molecule has 12 aromatic carbocycles. The van der Waals surface area contributed by atoms with Crippen LogP contribution in [0, 0.1) is 0 Å². The molecule has 0 radical (unpaired) electrons. The average molecular weight is 1820 g/mol. The second-order valence-corrected chi connectivity index (χ2v) is 33.8. The van der Waals surface area contributed by atoms with Crippen LogP contribution in [-0.4, -0.2) is 92.4 Å². The van der Waals surface area contributed by atoms with E-state index in [1.807, 2.05) is 162 Å². The quantitative estimate of drug-likeness (QED) is 0.0160. The third-order valence-corrected chi connectivity index (χ3v) is 23.5. The number of ether oxygens (including phenoxy) is 8. The van der Waals surface area contributed by atoms with Crippen molar-refractivity contribution >= 4 is 129 Å². The second-order valence-electron chi connectivity index (χ2n) is 33.8.